The molecule has 2 heterocycles. The van der Waals surface area contributed by atoms with Crippen LogP contribution in [0.1, 0.15) is 31.4 Å². The van der Waals surface area contributed by atoms with Gasteiger partial charge in [-0.15, -0.1) is 0 Å². The summed E-state index contributed by atoms with van der Waals surface area (Å²) in [6.07, 6.45) is 1.91. The lowest BCUT2D eigenvalue weighted by atomic mass is 10.1. The second-order valence-corrected chi connectivity index (χ2v) is 4.34. The Kier molecular flexibility index (Phi) is 2.67. The van der Waals surface area contributed by atoms with Crippen molar-refractivity contribution < 1.29 is 9.84 Å². The Hall–Kier alpha value is -0.380. The van der Waals surface area contributed by atoms with E-state index >= 15 is 0 Å². The van der Waals surface area contributed by atoms with Crippen LogP contribution in [0.5, 0.6) is 0 Å². The molecule has 3 heteroatoms. The number of rotatable bonds is 2. The van der Waals surface area contributed by atoms with Crippen molar-refractivity contribution in [3.05, 3.63) is 22.4 Å². The number of aliphatic hydroxyl groups excluding tert-OH is 1. The first kappa shape index (κ1) is 9.19. The maximum Gasteiger partial charge on any atom is 0.106 e. The summed E-state index contributed by atoms with van der Waals surface area (Å²) in [6, 6.07) is 1.96. The predicted octanol–water partition coefficient (Wildman–Crippen LogP) is 2.35. The van der Waals surface area contributed by atoms with Gasteiger partial charge in [0.1, 0.15) is 6.10 Å². The average Bonchev–Trinajstić information content (AvgIpc) is 2.72. The third kappa shape index (κ3) is 1.93. The molecule has 0 bridgehead atoms. The summed E-state index contributed by atoms with van der Waals surface area (Å²) in [5.41, 5.74) is 0.990. The van der Waals surface area contributed by atoms with Crippen LogP contribution in [0, 0.1) is 0 Å². The summed E-state index contributed by atoms with van der Waals surface area (Å²) < 4.78 is 5.60. The highest BCUT2D eigenvalue weighted by atomic mass is 32.1. The summed E-state index contributed by atoms with van der Waals surface area (Å²) in [4.78, 5) is 0. The van der Waals surface area contributed by atoms with Gasteiger partial charge in [0.15, 0.2) is 0 Å². The van der Waals surface area contributed by atoms with Gasteiger partial charge in [-0.25, -0.2) is 0 Å². The van der Waals surface area contributed by atoms with Crippen LogP contribution in [0.3, 0.4) is 0 Å². The SMILES string of the molecule is CC1CCC(C(O)c2ccsc2)O1. The van der Waals surface area contributed by atoms with Gasteiger partial charge in [-0.05, 0) is 42.2 Å². The van der Waals surface area contributed by atoms with E-state index in [9.17, 15) is 5.11 Å². The fourth-order valence-electron chi connectivity index (χ4n) is 1.72. The number of ether oxygens (including phenoxy) is 1. The van der Waals surface area contributed by atoms with E-state index in [1.54, 1.807) is 11.3 Å². The number of hydrogen-bond donors (Lipinski definition) is 1. The van der Waals surface area contributed by atoms with Crippen molar-refractivity contribution in [2.24, 2.45) is 0 Å². The Balaban J connectivity index is 2.02. The van der Waals surface area contributed by atoms with E-state index in [-0.39, 0.29) is 6.10 Å². The van der Waals surface area contributed by atoms with Gasteiger partial charge in [-0.1, -0.05) is 0 Å². The Labute approximate surface area is 82.2 Å². The molecule has 1 fully saturated rings. The summed E-state index contributed by atoms with van der Waals surface area (Å²) in [5.74, 6) is 0. The minimum atomic E-state index is -0.434. The molecule has 0 aromatic carbocycles. The first-order valence-corrected chi connectivity index (χ1v) is 5.57. The molecule has 13 heavy (non-hydrogen) atoms. The molecular weight excluding hydrogens is 184 g/mol. The van der Waals surface area contributed by atoms with Crippen molar-refractivity contribution in [3.63, 3.8) is 0 Å². The molecular formula is C10H14O2S. The number of thiophene rings is 1. The molecule has 0 radical (unpaired) electrons. The van der Waals surface area contributed by atoms with E-state index in [0.29, 0.717) is 6.10 Å². The fraction of sp³-hybridized carbons (Fsp3) is 0.600. The third-order valence-corrected chi connectivity index (χ3v) is 3.20. The second kappa shape index (κ2) is 3.78. The average molecular weight is 198 g/mol. The van der Waals surface area contributed by atoms with Crippen molar-refractivity contribution >= 4 is 11.3 Å². The zero-order valence-corrected chi connectivity index (χ0v) is 8.46. The van der Waals surface area contributed by atoms with Crippen molar-refractivity contribution in [3.8, 4) is 0 Å². The van der Waals surface area contributed by atoms with Gasteiger partial charge in [0.05, 0.1) is 12.2 Å². The summed E-state index contributed by atoms with van der Waals surface area (Å²) >= 11 is 1.61. The zero-order chi connectivity index (χ0) is 9.26. The smallest absolute Gasteiger partial charge is 0.106 e. The van der Waals surface area contributed by atoms with Crippen LogP contribution < -0.4 is 0 Å². The molecule has 2 rings (SSSR count). The molecule has 0 aliphatic carbocycles. The maximum absolute atomic E-state index is 9.91. The number of aliphatic hydroxyl groups is 1. The molecule has 1 aliphatic heterocycles. The molecule has 0 saturated carbocycles. The minimum absolute atomic E-state index is 0.00426. The van der Waals surface area contributed by atoms with Crippen molar-refractivity contribution in [1.29, 1.82) is 0 Å². The van der Waals surface area contributed by atoms with Crippen molar-refractivity contribution in [1.82, 2.24) is 0 Å². The van der Waals surface area contributed by atoms with Crippen LogP contribution in [0.4, 0.5) is 0 Å². The normalized spacial score (nSPS) is 30.6. The van der Waals surface area contributed by atoms with E-state index in [1.807, 2.05) is 16.8 Å². The third-order valence-electron chi connectivity index (χ3n) is 2.50. The number of hydrogen-bond acceptors (Lipinski definition) is 3. The lowest BCUT2D eigenvalue weighted by Gasteiger charge is -2.17. The van der Waals surface area contributed by atoms with E-state index in [1.165, 1.54) is 0 Å². The van der Waals surface area contributed by atoms with E-state index in [2.05, 4.69) is 6.92 Å². The highest BCUT2D eigenvalue weighted by Crippen LogP contribution is 2.30. The van der Waals surface area contributed by atoms with Crippen LogP contribution in [0.2, 0.25) is 0 Å². The van der Waals surface area contributed by atoms with E-state index in [0.717, 1.165) is 18.4 Å². The van der Waals surface area contributed by atoms with Crippen LogP contribution in [0.25, 0.3) is 0 Å². The van der Waals surface area contributed by atoms with Gasteiger partial charge in [0.2, 0.25) is 0 Å². The first-order valence-electron chi connectivity index (χ1n) is 4.63. The highest BCUT2D eigenvalue weighted by molar-refractivity contribution is 7.07. The fourth-order valence-corrected chi connectivity index (χ4v) is 2.41. The Morgan fingerprint density at radius 2 is 2.46 bits per heavy atom. The largest absolute Gasteiger partial charge is 0.386 e. The zero-order valence-electron chi connectivity index (χ0n) is 7.64. The maximum atomic E-state index is 9.91. The van der Waals surface area contributed by atoms with Gasteiger partial charge in [-0.3, -0.25) is 0 Å². The van der Waals surface area contributed by atoms with Crippen molar-refractivity contribution in [2.75, 3.05) is 0 Å². The molecule has 1 aromatic rings. The summed E-state index contributed by atoms with van der Waals surface area (Å²) in [5, 5.41) is 13.9. The molecule has 72 valence electrons. The minimum Gasteiger partial charge on any atom is -0.386 e. The van der Waals surface area contributed by atoms with Gasteiger partial charge >= 0.3 is 0 Å². The Morgan fingerprint density at radius 3 is 3.00 bits per heavy atom. The standard InChI is InChI=1S/C10H14O2S/c1-7-2-3-9(12-7)10(11)8-4-5-13-6-8/h4-7,9-11H,2-3H2,1H3. The lowest BCUT2D eigenvalue weighted by molar-refractivity contribution is -0.0295. The van der Waals surface area contributed by atoms with Crippen LogP contribution in [-0.2, 0) is 4.74 Å². The molecule has 0 spiro atoms. The predicted molar refractivity (Wildman–Crippen MR) is 52.8 cm³/mol. The first-order chi connectivity index (χ1) is 6.27. The van der Waals surface area contributed by atoms with Crippen molar-refractivity contribution in [2.45, 2.75) is 38.1 Å². The molecule has 1 N–H and O–H groups in total. The van der Waals surface area contributed by atoms with E-state index < -0.39 is 6.10 Å². The van der Waals surface area contributed by atoms with Gasteiger partial charge in [-0.2, -0.15) is 11.3 Å². The van der Waals surface area contributed by atoms with Crippen LogP contribution in [0.15, 0.2) is 16.8 Å². The monoisotopic (exact) mass is 198 g/mol. The quantitative estimate of drug-likeness (QED) is 0.790. The molecule has 3 unspecified atom stereocenters. The van der Waals surface area contributed by atoms with E-state index in [4.69, 9.17) is 4.74 Å². The van der Waals surface area contributed by atoms with Crippen LogP contribution >= 0.6 is 11.3 Å². The molecule has 1 aliphatic rings. The summed E-state index contributed by atoms with van der Waals surface area (Å²) in [7, 11) is 0. The molecule has 1 saturated heterocycles. The molecule has 1 aromatic heterocycles. The molecule has 2 nitrogen and oxygen atoms in total. The molecule has 3 atom stereocenters. The lowest BCUT2D eigenvalue weighted by Crippen LogP contribution is -2.17. The van der Waals surface area contributed by atoms with Gasteiger partial charge in [0.25, 0.3) is 0 Å². The Bertz CT molecular complexity index is 258. The van der Waals surface area contributed by atoms with Crippen LogP contribution in [-0.4, -0.2) is 17.3 Å². The molecule has 0 amide bonds. The highest BCUT2D eigenvalue weighted by Gasteiger charge is 2.29. The summed E-state index contributed by atoms with van der Waals surface area (Å²) in [6.45, 7) is 2.06. The second-order valence-electron chi connectivity index (χ2n) is 3.56. The Morgan fingerprint density at radius 1 is 1.62 bits per heavy atom. The van der Waals surface area contributed by atoms with Gasteiger partial charge < -0.3 is 9.84 Å². The van der Waals surface area contributed by atoms with Gasteiger partial charge in [0, 0.05) is 0 Å². The topological polar surface area (TPSA) is 29.5 Å².